The number of anilines is 2. The van der Waals surface area contributed by atoms with Crippen LogP contribution in [-0.4, -0.2) is 27.5 Å². The number of rotatable bonds is 4. The van der Waals surface area contributed by atoms with E-state index >= 15 is 0 Å². The first-order chi connectivity index (χ1) is 9.67. The van der Waals surface area contributed by atoms with Crippen LogP contribution in [0.4, 0.5) is 17.5 Å². The van der Waals surface area contributed by atoms with E-state index in [0.717, 1.165) is 38.6 Å². The van der Waals surface area contributed by atoms with Crippen molar-refractivity contribution in [1.29, 1.82) is 0 Å². The van der Waals surface area contributed by atoms with Crippen molar-refractivity contribution in [2.75, 3.05) is 16.9 Å². The van der Waals surface area contributed by atoms with E-state index in [1.807, 2.05) is 4.90 Å². The van der Waals surface area contributed by atoms with Gasteiger partial charge in [0.2, 0.25) is 11.8 Å². The fourth-order valence-electron chi connectivity index (χ4n) is 2.66. The van der Waals surface area contributed by atoms with Crippen LogP contribution in [0, 0.1) is 10.1 Å². The molecule has 0 aliphatic carbocycles. The van der Waals surface area contributed by atoms with Gasteiger partial charge >= 0.3 is 5.69 Å². The van der Waals surface area contributed by atoms with E-state index in [-0.39, 0.29) is 17.7 Å². The molecular formula is C12H20N6O2. The summed E-state index contributed by atoms with van der Waals surface area (Å²) in [6.07, 6.45) is 6.50. The number of nitrogens with two attached hydrogens (primary N) is 1. The van der Waals surface area contributed by atoms with E-state index in [4.69, 9.17) is 5.84 Å². The van der Waals surface area contributed by atoms with E-state index in [9.17, 15) is 10.1 Å². The van der Waals surface area contributed by atoms with Crippen LogP contribution in [0.5, 0.6) is 0 Å². The first-order valence-corrected chi connectivity index (χ1v) is 6.92. The lowest BCUT2D eigenvalue weighted by molar-refractivity contribution is -0.384. The lowest BCUT2D eigenvalue weighted by atomic mass is 10.1. The molecule has 2 heterocycles. The molecule has 0 saturated carbocycles. The highest BCUT2D eigenvalue weighted by atomic mass is 16.6. The molecule has 1 aliphatic heterocycles. The Kier molecular flexibility index (Phi) is 4.67. The van der Waals surface area contributed by atoms with Crippen LogP contribution in [0.25, 0.3) is 0 Å². The fourth-order valence-corrected chi connectivity index (χ4v) is 2.66. The van der Waals surface area contributed by atoms with Crippen molar-refractivity contribution in [3.8, 4) is 0 Å². The summed E-state index contributed by atoms with van der Waals surface area (Å²) in [4.78, 5) is 20.8. The van der Waals surface area contributed by atoms with Crippen molar-refractivity contribution in [3.63, 3.8) is 0 Å². The van der Waals surface area contributed by atoms with Gasteiger partial charge in [0, 0.05) is 12.6 Å². The number of nitrogen functional groups attached to an aromatic ring is 1. The highest BCUT2D eigenvalue weighted by Crippen LogP contribution is 2.31. The van der Waals surface area contributed by atoms with Gasteiger partial charge in [-0.1, -0.05) is 19.8 Å². The average molecular weight is 280 g/mol. The Balaban J connectivity index is 2.43. The molecule has 0 aromatic carbocycles. The SMILES string of the molecule is CCC1CCCCCN1c1nc(NN)ncc1[N+](=O)[O-]. The predicted molar refractivity (Wildman–Crippen MR) is 76.4 cm³/mol. The third-order valence-corrected chi connectivity index (χ3v) is 3.70. The summed E-state index contributed by atoms with van der Waals surface area (Å²) in [7, 11) is 0. The Labute approximate surface area is 117 Å². The van der Waals surface area contributed by atoms with E-state index in [1.165, 1.54) is 6.20 Å². The van der Waals surface area contributed by atoms with E-state index < -0.39 is 4.92 Å². The van der Waals surface area contributed by atoms with Crippen LogP contribution in [0.2, 0.25) is 0 Å². The molecule has 8 heteroatoms. The van der Waals surface area contributed by atoms with Crippen molar-refractivity contribution < 1.29 is 4.92 Å². The molecule has 1 aromatic rings. The van der Waals surface area contributed by atoms with Crippen LogP contribution in [0.3, 0.4) is 0 Å². The van der Waals surface area contributed by atoms with Gasteiger partial charge in [-0.05, 0) is 19.3 Å². The van der Waals surface area contributed by atoms with Gasteiger partial charge in [0.1, 0.15) is 6.20 Å². The van der Waals surface area contributed by atoms with Gasteiger partial charge in [0.25, 0.3) is 0 Å². The first-order valence-electron chi connectivity index (χ1n) is 6.92. The third-order valence-electron chi connectivity index (χ3n) is 3.70. The van der Waals surface area contributed by atoms with E-state index in [2.05, 4.69) is 22.3 Å². The van der Waals surface area contributed by atoms with Crippen LogP contribution in [0.15, 0.2) is 6.20 Å². The van der Waals surface area contributed by atoms with Crippen LogP contribution >= 0.6 is 0 Å². The summed E-state index contributed by atoms with van der Waals surface area (Å²) in [6, 6.07) is 0.275. The lowest BCUT2D eigenvalue weighted by Gasteiger charge is -2.29. The first kappa shape index (κ1) is 14.4. The highest BCUT2D eigenvalue weighted by Gasteiger charge is 2.28. The molecule has 0 spiro atoms. The smallest absolute Gasteiger partial charge is 0.329 e. The zero-order valence-corrected chi connectivity index (χ0v) is 11.6. The molecule has 0 amide bonds. The van der Waals surface area contributed by atoms with Gasteiger partial charge in [-0.15, -0.1) is 0 Å². The molecule has 1 fully saturated rings. The van der Waals surface area contributed by atoms with Gasteiger partial charge < -0.3 is 4.90 Å². The summed E-state index contributed by atoms with van der Waals surface area (Å²) in [6.45, 7) is 2.87. The molecular weight excluding hydrogens is 260 g/mol. The number of aromatic nitrogens is 2. The molecule has 0 bridgehead atoms. The molecule has 1 aliphatic rings. The van der Waals surface area contributed by atoms with Crippen LogP contribution in [-0.2, 0) is 0 Å². The minimum atomic E-state index is -0.437. The third kappa shape index (κ3) is 2.96. The van der Waals surface area contributed by atoms with Crippen LogP contribution in [0.1, 0.15) is 39.0 Å². The van der Waals surface area contributed by atoms with Gasteiger partial charge in [0.05, 0.1) is 4.92 Å². The Hall–Kier alpha value is -1.96. The maximum absolute atomic E-state index is 11.2. The second kappa shape index (κ2) is 6.47. The number of nitrogens with zero attached hydrogens (tertiary/aromatic N) is 4. The van der Waals surface area contributed by atoms with Gasteiger partial charge in [-0.3, -0.25) is 15.5 Å². The molecule has 8 nitrogen and oxygen atoms in total. The highest BCUT2D eigenvalue weighted by molar-refractivity contribution is 5.59. The molecule has 1 aromatic heterocycles. The summed E-state index contributed by atoms with van der Waals surface area (Å²) in [5.41, 5.74) is 2.28. The zero-order chi connectivity index (χ0) is 14.5. The monoisotopic (exact) mass is 280 g/mol. The van der Waals surface area contributed by atoms with Gasteiger partial charge in [0.15, 0.2) is 0 Å². The van der Waals surface area contributed by atoms with Gasteiger partial charge in [-0.25, -0.2) is 10.8 Å². The number of nitro groups is 1. The predicted octanol–water partition coefficient (Wildman–Crippen LogP) is 1.83. The van der Waals surface area contributed by atoms with Crippen molar-refractivity contribution in [2.45, 2.75) is 45.1 Å². The minimum Gasteiger partial charge on any atom is -0.348 e. The van der Waals surface area contributed by atoms with Crippen LogP contribution < -0.4 is 16.2 Å². The summed E-state index contributed by atoms with van der Waals surface area (Å²) < 4.78 is 0. The lowest BCUT2D eigenvalue weighted by Crippen LogP contribution is -2.35. The summed E-state index contributed by atoms with van der Waals surface area (Å²) >= 11 is 0. The van der Waals surface area contributed by atoms with Crippen molar-refractivity contribution in [2.24, 2.45) is 5.84 Å². The molecule has 2 rings (SSSR count). The zero-order valence-electron chi connectivity index (χ0n) is 11.6. The summed E-state index contributed by atoms with van der Waals surface area (Å²) in [5.74, 6) is 5.88. The van der Waals surface area contributed by atoms with E-state index in [1.54, 1.807) is 0 Å². The molecule has 110 valence electrons. The fraction of sp³-hybridized carbons (Fsp3) is 0.667. The normalized spacial score (nSPS) is 19.5. The average Bonchev–Trinajstić information content (AvgIpc) is 2.71. The maximum Gasteiger partial charge on any atom is 0.329 e. The Morgan fingerprint density at radius 3 is 3.00 bits per heavy atom. The van der Waals surface area contributed by atoms with Crippen molar-refractivity contribution >= 4 is 17.5 Å². The number of hydrazine groups is 1. The molecule has 1 unspecified atom stereocenters. The molecule has 0 radical (unpaired) electrons. The molecule has 20 heavy (non-hydrogen) atoms. The number of hydrogen-bond acceptors (Lipinski definition) is 7. The quantitative estimate of drug-likeness (QED) is 0.491. The summed E-state index contributed by atoms with van der Waals surface area (Å²) in [5, 5.41) is 11.2. The van der Waals surface area contributed by atoms with Crippen molar-refractivity contribution in [1.82, 2.24) is 9.97 Å². The Morgan fingerprint density at radius 2 is 2.35 bits per heavy atom. The standard InChI is InChI=1S/C12H20N6O2/c1-2-9-6-4-3-5-7-17(9)11-10(18(19)20)8-14-12(15-11)16-13/h8-9H,2-7,13H2,1H3,(H,14,15,16). The minimum absolute atomic E-state index is 0.0654. The second-order valence-electron chi connectivity index (χ2n) is 4.91. The molecule has 3 N–H and O–H groups in total. The number of hydrogen-bond donors (Lipinski definition) is 2. The topological polar surface area (TPSA) is 110 Å². The maximum atomic E-state index is 11.2. The second-order valence-corrected chi connectivity index (χ2v) is 4.91. The Morgan fingerprint density at radius 1 is 1.55 bits per heavy atom. The largest absolute Gasteiger partial charge is 0.348 e. The van der Waals surface area contributed by atoms with Gasteiger partial charge in [-0.2, -0.15) is 4.98 Å². The van der Waals surface area contributed by atoms with E-state index in [0.29, 0.717) is 5.82 Å². The number of nitrogens with one attached hydrogen (secondary N) is 1. The Bertz CT molecular complexity index is 481. The van der Waals surface area contributed by atoms with Crippen molar-refractivity contribution in [3.05, 3.63) is 16.3 Å². The molecule has 1 saturated heterocycles. The molecule has 1 atom stereocenters.